The molecule has 6 heteroatoms. The van der Waals surface area contributed by atoms with E-state index in [1.807, 2.05) is 48.5 Å². The van der Waals surface area contributed by atoms with Crippen LogP contribution in [-0.4, -0.2) is 23.0 Å². The summed E-state index contributed by atoms with van der Waals surface area (Å²) in [6.45, 7) is 4.71. The number of hydrogen-bond donors (Lipinski definition) is 2. The number of para-hydroxylation sites is 2. The van der Waals surface area contributed by atoms with E-state index in [9.17, 15) is 4.79 Å². The molecule has 2 N–H and O–H groups in total. The normalized spacial score (nSPS) is 10.6. The minimum Gasteiger partial charge on any atom is -0.496 e. The molecular formula is C22H24N4O2. The van der Waals surface area contributed by atoms with Crippen molar-refractivity contribution in [3.8, 4) is 5.75 Å². The van der Waals surface area contributed by atoms with Crippen LogP contribution in [0.2, 0.25) is 0 Å². The summed E-state index contributed by atoms with van der Waals surface area (Å²) in [5.74, 6) is 1.41. The average molecular weight is 376 g/mol. The molecule has 0 spiro atoms. The Bertz CT molecular complexity index is 957. The Morgan fingerprint density at radius 3 is 2.61 bits per heavy atom. The number of nitrogens with zero attached hydrogens (tertiary/aromatic N) is 2. The Hall–Kier alpha value is -3.41. The summed E-state index contributed by atoms with van der Waals surface area (Å²) >= 11 is 0. The number of ether oxygens (including phenoxy) is 1. The molecule has 2 aromatic carbocycles. The van der Waals surface area contributed by atoms with Gasteiger partial charge in [-0.1, -0.05) is 50.2 Å². The molecule has 6 nitrogen and oxygen atoms in total. The summed E-state index contributed by atoms with van der Waals surface area (Å²) in [6, 6.07) is 17.2. The third-order valence-electron chi connectivity index (χ3n) is 4.38. The summed E-state index contributed by atoms with van der Waals surface area (Å²) in [7, 11) is 1.64. The van der Waals surface area contributed by atoms with E-state index in [2.05, 4.69) is 34.4 Å². The van der Waals surface area contributed by atoms with Crippen LogP contribution in [0.4, 0.5) is 11.5 Å². The number of nitrogens with one attached hydrogen (secondary N) is 2. The van der Waals surface area contributed by atoms with Crippen molar-refractivity contribution in [2.45, 2.75) is 26.3 Å². The van der Waals surface area contributed by atoms with Crippen LogP contribution in [0.15, 0.2) is 60.9 Å². The van der Waals surface area contributed by atoms with E-state index in [-0.39, 0.29) is 5.91 Å². The van der Waals surface area contributed by atoms with E-state index < -0.39 is 0 Å². The highest BCUT2D eigenvalue weighted by Gasteiger charge is 2.13. The number of aromatic nitrogens is 2. The summed E-state index contributed by atoms with van der Waals surface area (Å²) < 4.78 is 5.36. The lowest BCUT2D eigenvalue weighted by Crippen LogP contribution is -2.16. The first-order chi connectivity index (χ1) is 13.6. The van der Waals surface area contributed by atoms with Gasteiger partial charge in [-0.25, -0.2) is 9.97 Å². The van der Waals surface area contributed by atoms with Crippen molar-refractivity contribution in [3.05, 3.63) is 77.7 Å². The van der Waals surface area contributed by atoms with Gasteiger partial charge in [0.05, 0.1) is 7.11 Å². The Labute approximate surface area is 165 Å². The highest BCUT2D eigenvalue weighted by atomic mass is 16.5. The molecule has 0 unspecified atom stereocenters. The highest BCUT2D eigenvalue weighted by molar-refractivity contribution is 6.03. The first-order valence-corrected chi connectivity index (χ1v) is 9.16. The van der Waals surface area contributed by atoms with E-state index in [0.717, 1.165) is 22.6 Å². The zero-order chi connectivity index (χ0) is 19.9. The summed E-state index contributed by atoms with van der Waals surface area (Å²) in [6.07, 6.45) is 1.38. The van der Waals surface area contributed by atoms with Crippen molar-refractivity contribution >= 4 is 17.4 Å². The molecule has 3 aromatic rings. The summed E-state index contributed by atoms with van der Waals surface area (Å²) in [4.78, 5) is 21.0. The second kappa shape index (κ2) is 8.99. The molecule has 0 aliphatic carbocycles. The maximum absolute atomic E-state index is 12.7. The van der Waals surface area contributed by atoms with Gasteiger partial charge in [-0.2, -0.15) is 0 Å². The molecule has 144 valence electrons. The third kappa shape index (κ3) is 4.65. The van der Waals surface area contributed by atoms with E-state index >= 15 is 0 Å². The van der Waals surface area contributed by atoms with Crippen molar-refractivity contribution in [2.75, 3.05) is 17.7 Å². The molecule has 0 aliphatic rings. The number of rotatable bonds is 7. The first kappa shape index (κ1) is 19.4. The quantitative estimate of drug-likeness (QED) is 0.636. The monoisotopic (exact) mass is 376 g/mol. The zero-order valence-corrected chi connectivity index (χ0v) is 16.3. The lowest BCUT2D eigenvalue weighted by molar-refractivity contribution is 0.102. The average Bonchev–Trinajstić information content (AvgIpc) is 2.73. The van der Waals surface area contributed by atoms with Crippen molar-refractivity contribution in [2.24, 2.45) is 0 Å². The van der Waals surface area contributed by atoms with Crippen molar-refractivity contribution in [1.29, 1.82) is 0 Å². The van der Waals surface area contributed by atoms with Gasteiger partial charge in [0.2, 0.25) is 0 Å². The molecule has 0 radical (unpaired) electrons. The van der Waals surface area contributed by atoms with Gasteiger partial charge >= 0.3 is 0 Å². The molecule has 1 amide bonds. The van der Waals surface area contributed by atoms with Gasteiger partial charge in [0, 0.05) is 23.9 Å². The van der Waals surface area contributed by atoms with Gasteiger partial charge in [0.1, 0.15) is 23.6 Å². The Morgan fingerprint density at radius 1 is 1.07 bits per heavy atom. The molecule has 1 aromatic heterocycles. The third-order valence-corrected chi connectivity index (χ3v) is 4.38. The van der Waals surface area contributed by atoms with Gasteiger partial charge in [0.25, 0.3) is 5.91 Å². The molecule has 0 fully saturated rings. The second-order valence-corrected chi connectivity index (χ2v) is 6.65. The van der Waals surface area contributed by atoms with Gasteiger partial charge in [-0.3, -0.25) is 4.79 Å². The van der Waals surface area contributed by atoms with Crippen LogP contribution in [0.25, 0.3) is 0 Å². The number of methoxy groups -OCH3 is 1. The van der Waals surface area contributed by atoms with E-state index in [1.165, 1.54) is 6.33 Å². The predicted octanol–water partition coefficient (Wildman–Crippen LogP) is 4.47. The molecule has 1 heterocycles. The number of carbonyl (C=O) groups excluding carboxylic acids is 1. The van der Waals surface area contributed by atoms with Crippen LogP contribution in [0.3, 0.4) is 0 Å². The SMILES string of the molecule is COc1ccccc1CNc1cc(C(=O)Nc2ccccc2C(C)C)ncn1. The molecule has 0 bridgehead atoms. The topological polar surface area (TPSA) is 76.1 Å². The standard InChI is InChI=1S/C22H24N4O2/c1-15(2)17-9-5-6-10-18(17)26-22(27)19-12-21(25-14-24-19)23-13-16-8-4-7-11-20(16)28-3/h4-12,14-15H,13H2,1-3H3,(H,26,27)(H,23,24,25). The molecule has 0 saturated heterocycles. The minimum absolute atomic E-state index is 0.268. The van der Waals surface area contributed by atoms with Crippen LogP contribution in [0, 0.1) is 0 Å². The molecular weight excluding hydrogens is 352 g/mol. The van der Waals surface area contributed by atoms with Crippen LogP contribution >= 0.6 is 0 Å². The Balaban J connectivity index is 1.72. The molecule has 0 saturated carbocycles. The number of amides is 1. The fourth-order valence-electron chi connectivity index (χ4n) is 2.91. The van der Waals surface area contributed by atoms with Gasteiger partial charge in [-0.15, -0.1) is 0 Å². The van der Waals surface area contributed by atoms with Gasteiger partial charge in [-0.05, 0) is 23.6 Å². The Kier molecular flexibility index (Phi) is 6.22. The predicted molar refractivity (Wildman–Crippen MR) is 111 cm³/mol. The van der Waals surface area contributed by atoms with E-state index in [1.54, 1.807) is 13.2 Å². The fraction of sp³-hybridized carbons (Fsp3) is 0.227. The van der Waals surface area contributed by atoms with Crippen molar-refractivity contribution in [3.63, 3.8) is 0 Å². The zero-order valence-electron chi connectivity index (χ0n) is 16.3. The van der Waals surface area contributed by atoms with E-state index in [0.29, 0.717) is 24.0 Å². The maximum atomic E-state index is 12.7. The Morgan fingerprint density at radius 2 is 1.82 bits per heavy atom. The number of carbonyl (C=O) groups is 1. The molecule has 0 atom stereocenters. The van der Waals surface area contributed by atoms with Gasteiger partial charge < -0.3 is 15.4 Å². The van der Waals surface area contributed by atoms with E-state index in [4.69, 9.17) is 4.74 Å². The van der Waals surface area contributed by atoms with Crippen molar-refractivity contribution in [1.82, 2.24) is 9.97 Å². The lowest BCUT2D eigenvalue weighted by atomic mass is 10.0. The van der Waals surface area contributed by atoms with Crippen LogP contribution in [0.1, 0.15) is 41.4 Å². The highest BCUT2D eigenvalue weighted by Crippen LogP contribution is 2.24. The minimum atomic E-state index is -0.268. The maximum Gasteiger partial charge on any atom is 0.274 e. The van der Waals surface area contributed by atoms with Gasteiger partial charge in [0.15, 0.2) is 0 Å². The number of anilines is 2. The lowest BCUT2D eigenvalue weighted by Gasteiger charge is -2.14. The fourth-order valence-corrected chi connectivity index (χ4v) is 2.91. The molecule has 28 heavy (non-hydrogen) atoms. The van der Waals surface area contributed by atoms with Crippen LogP contribution in [0.5, 0.6) is 5.75 Å². The molecule has 3 rings (SSSR count). The van der Waals surface area contributed by atoms with Crippen LogP contribution in [-0.2, 0) is 6.54 Å². The summed E-state index contributed by atoms with van der Waals surface area (Å²) in [5.41, 5.74) is 3.18. The van der Waals surface area contributed by atoms with Crippen LogP contribution < -0.4 is 15.4 Å². The second-order valence-electron chi connectivity index (χ2n) is 6.65. The molecule has 0 aliphatic heterocycles. The largest absolute Gasteiger partial charge is 0.496 e. The smallest absolute Gasteiger partial charge is 0.274 e. The summed E-state index contributed by atoms with van der Waals surface area (Å²) in [5, 5.41) is 6.16. The number of hydrogen-bond acceptors (Lipinski definition) is 5. The van der Waals surface area contributed by atoms with Crippen molar-refractivity contribution < 1.29 is 9.53 Å². The first-order valence-electron chi connectivity index (χ1n) is 9.16. The number of benzene rings is 2.